The van der Waals surface area contributed by atoms with E-state index in [0.29, 0.717) is 24.8 Å². The molecule has 0 spiro atoms. The smallest absolute Gasteiger partial charge is 0.293 e. The van der Waals surface area contributed by atoms with Gasteiger partial charge in [-0.05, 0) is 25.0 Å². The van der Waals surface area contributed by atoms with Gasteiger partial charge in [-0.25, -0.2) is 9.97 Å². The number of nitro benzene ring substituents is 1. The number of imidazole rings is 2. The summed E-state index contributed by atoms with van der Waals surface area (Å²) in [5.74, 6) is -0.0795. The maximum atomic E-state index is 12.6. The number of hydrogen-bond donors (Lipinski definition) is 0. The van der Waals surface area contributed by atoms with Crippen molar-refractivity contribution in [2.45, 2.75) is 18.9 Å². The zero-order chi connectivity index (χ0) is 19.7. The van der Waals surface area contributed by atoms with Crippen LogP contribution in [0.15, 0.2) is 49.3 Å². The van der Waals surface area contributed by atoms with Gasteiger partial charge in [0.25, 0.3) is 5.69 Å². The number of nitro groups is 1. The Bertz CT molecular complexity index is 1000. The number of rotatable bonds is 5. The van der Waals surface area contributed by atoms with E-state index in [1.54, 1.807) is 42.5 Å². The Hall–Kier alpha value is -3.49. The van der Waals surface area contributed by atoms with E-state index in [0.717, 1.165) is 12.8 Å². The topological polar surface area (TPSA) is 99.1 Å². The number of anilines is 1. The summed E-state index contributed by atoms with van der Waals surface area (Å²) in [6.45, 7) is 1.41. The number of aryl methyl sites for hydroxylation is 1. The van der Waals surface area contributed by atoms with Gasteiger partial charge in [0.1, 0.15) is 5.69 Å². The molecule has 144 valence electrons. The third kappa shape index (κ3) is 3.26. The van der Waals surface area contributed by atoms with Crippen LogP contribution in [0.4, 0.5) is 11.4 Å². The lowest BCUT2D eigenvalue weighted by molar-refractivity contribution is -0.384. The number of aromatic nitrogens is 4. The van der Waals surface area contributed by atoms with Gasteiger partial charge in [0.15, 0.2) is 5.82 Å². The molecule has 0 atom stereocenters. The molecule has 0 radical (unpaired) electrons. The zero-order valence-electron chi connectivity index (χ0n) is 15.4. The van der Waals surface area contributed by atoms with Crippen LogP contribution in [0.3, 0.4) is 0 Å². The highest BCUT2D eigenvalue weighted by molar-refractivity contribution is 6.07. The van der Waals surface area contributed by atoms with Crippen LogP contribution in [0.2, 0.25) is 0 Å². The molecule has 1 aromatic carbocycles. The lowest BCUT2D eigenvalue weighted by atomic mass is 10.0. The first-order valence-electron chi connectivity index (χ1n) is 9.07. The van der Waals surface area contributed by atoms with E-state index in [1.807, 2.05) is 11.1 Å². The highest BCUT2D eigenvalue weighted by atomic mass is 16.6. The normalized spacial score (nSPS) is 15.0. The number of nitrogens with zero attached hydrogens (tertiary/aromatic N) is 6. The van der Waals surface area contributed by atoms with Crippen molar-refractivity contribution in [3.8, 4) is 0 Å². The Morgan fingerprint density at radius 2 is 2.00 bits per heavy atom. The van der Waals surface area contributed by atoms with Gasteiger partial charge in [-0.3, -0.25) is 14.9 Å². The van der Waals surface area contributed by atoms with Gasteiger partial charge in [-0.1, -0.05) is 0 Å². The Morgan fingerprint density at radius 3 is 2.61 bits per heavy atom. The Labute approximate surface area is 161 Å². The highest BCUT2D eigenvalue weighted by Crippen LogP contribution is 2.33. The molecule has 0 bridgehead atoms. The lowest BCUT2D eigenvalue weighted by Gasteiger charge is -2.33. The van der Waals surface area contributed by atoms with Crippen LogP contribution in [-0.4, -0.2) is 42.9 Å². The van der Waals surface area contributed by atoms with Crippen LogP contribution in [0.1, 0.15) is 35.1 Å². The number of benzene rings is 1. The fraction of sp³-hybridized carbons (Fsp3) is 0.316. The van der Waals surface area contributed by atoms with Gasteiger partial charge < -0.3 is 14.0 Å². The summed E-state index contributed by atoms with van der Waals surface area (Å²) >= 11 is 0. The average molecular weight is 380 g/mol. The Balaban J connectivity index is 1.57. The maximum absolute atomic E-state index is 12.6. The first-order valence-corrected chi connectivity index (χ1v) is 9.07. The molecule has 9 heteroatoms. The molecule has 1 aliphatic heterocycles. The third-order valence-electron chi connectivity index (χ3n) is 5.21. The number of hydrogen-bond acceptors (Lipinski definition) is 6. The standard InChI is InChI=1S/C19H20N6O3/c1-22-10-7-21-19(22)18(26)14-2-3-16(17(12-14)25(27)28)23-8-4-15(5-9-23)24-11-6-20-13-24/h2-3,6-7,10-13,15H,4-5,8-9H2,1H3. The van der Waals surface area contributed by atoms with Crippen molar-refractivity contribution < 1.29 is 9.72 Å². The monoisotopic (exact) mass is 380 g/mol. The molecule has 9 nitrogen and oxygen atoms in total. The largest absolute Gasteiger partial charge is 0.366 e. The van der Waals surface area contributed by atoms with E-state index in [-0.39, 0.29) is 22.9 Å². The van der Waals surface area contributed by atoms with Crippen molar-refractivity contribution in [3.63, 3.8) is 0 Å². The van der Waals surface area contributed by atoms with Gasteiger partial charge in [-0.2, -0.15) is 0 Å². The number of piperidine rings is 1. The molecule has 1 saturated heterocycles. The summed E-state index contributed by atoms with van der Waals surface area (Å²) in [7, 11) is 1.72. The molecule has 3 heterocycles. The van der Waals surface area contributed by atoms with Crippen LogP contribution in [-0.2, 0) is 7.05 Å². The summed E-state index contributed by atoms with van der Waals surface area (Å²) < 4.78 is 3.68. The van der Waals surface area contributed by atoms with E-state index in [9.17, 15) is 14.9 Å². The second kappa shape index (κ2) is 7.26. The first-order chi connectivity index (χ1) is 13.5. The minimum absolute atomic E-state index is 0.0545. The molecule has 2 aromatic heterocycles. The van der Waals surface area contributed by atoms with Crippen molar-refractivity contribution in [1.82, 2.24) is 19.1 Å². The summed E-state index contributed by atoms with van der Waals surface area (Å²) in [6, 6.07) is 5.02. The van der Waals surface area contributed by atoms with Crippen molar-refractivity contribution in [2.75, 3.05) is 18.0 Å². The molecule has 3 aromatic rings. The van der Waals surface area contributed by atoms with Crippen LogP contribution in [0, 0.1) is 10.1 Å². The van der Waals surface area contributed by atoms with Gasteiger partial charge in [0, 0.05) is 62.6 Å². The Morgan fingerprint density at radius 1 is 1.21 bits per heavy atom. The molecular formula is C19H20N6O3. The fourth-order valence-corrected chi connectivity index (χ4v) is 3.68. The summed E-state index contributed by atoms with van der Waals surface area (Å²) in [6.07, 6.45) is 10.5. The molecule has 0 N–H and O–H groups in total. The lowest BCUT2D eigenvalue weighted by Crippen LogP contribution is -2.34. The highest BCUT2D eigenvalue weighted by Gasteiger charge is 2.27. The summed E-state index contributed by atoms with van der Waals surface area (Å²) in [5.41, 5.74) is 0.754. The van der Waals surface area contributed by atoms with E-state index in [1.165, 1.54) is 12.3 Å². The molecule has 1 aliphatic rings. The van der Waals surface area contributed by atoms with Gasteiger partial charge in [-0.15, -0.1) is 0 Å². The Kier molecular flexibility index (Phi) is 4.64. The van der Waals surface area contributed by atoms with E-state index >= 15 is 0 Å². The van der Waals surface area contributed by atoms with Gasteiger partial charge in [0.05, 0.1) is 11.3 Å². The van der Waals surface area contributed by atoms with Crippen molar-refractivity contribution in [1.29, 1.82) is 0 Å². The number of carbonyl (C=O) groups excluding carboxylic acids is 1. The van der Waals surface area contributed by atoms with Crippen LogP contribution < -0.4 is 4.90 Å². The minimum Gasteiger partial charge on any atom is -0.366 e. The van der Waals surface area contributed by atoms with Crippen LogP contribution >= 0.6 is 0 Å². The number of ketones is 1. The van der Waals surface area contributed by atoms with Crippen molar-refractivity contribution in [3.05, 3.63) is 70.8 Å². The van der Waals surface area contributed by atoms with E-state index < -0.39 is 4.92 Å². The first kappa shape index (κ1) is 17.9. The maximum Gasteiger partial charge on any atom is 0.293 e. The fourth-order valence-electron chi connectivity index (χ4n) is 3.68. The second-order valence-electron chi connectivity index (χ2n) is 6.88. The zero-order valence-corrected chi connectivity index (χ0v) is 15.4. The van der Waals surface area contributed by atoms with Gasteiger partial charge >= 0.3 is 0 Å². The molecular weight excluding hydrogens is 360 g/mol. The molecule has 0 saturated carbocycles. The second-order valence-corrected chi connectivity index (χ2v) is 6.88. The summed E-state index contributed by atoms with van der Waals surface area (Å²) in [5, 5.41) is 11.7. The number of carbonyl (C=O) groups is 1. The van der Waals surface area contributed by atoms with Crippen molar-refractivity contribution in [2.24, 2.45) is 7.05 Å². The molecule has 28 heavy (non-hydrogen) atoms. The predicted octanol–water partition coefficient (Wildman–Crippen LogP) is 2.60. The van der Waals surface area contributed by atoms with E-state index in [2.05, 4.69) is 14.5 Å². The molecule has 0 amide bonds. The van der Waals surface area contributed by atoms with E-state index in [4.69, 9.17) is 0 Å². The van der Waals surface area contributed by atoms with Gasteiger partial charge in [0.2, 0.25) is 5.78 Å². The quantitative estimate of drug-likeness (QED) is 0.383. The van der Waals surface area contributed by atoms with Crippen molar-refractivity contribution >= 4 is 17.2 Å². The molecule has 1 fully saturated rings. The minimum atomic E-state index is -0.424. The molecule has 0 aliphatic carbocycles. The summed E-state index contributed by atoms with van der Waals surface area (Å²) in [4.78, 5) is 34.0. The average Bonchev–Trinajstić information content (AvgIpc) is 3.39. The third-order valence-corrected chi connectivity index (χ3v) is 5.21. The van der Waals surface area contributed by atoms with Crippen LogP contribution in [0.25, 0.3) is 0 Å². The SMILES string of the molecule is Cn1ccnc1C(=O)c1ccc(N2CCC(n3ccnc3)CC2)c([N+](=O)[O-])c1. The molecule has 4 rings (SSSR count). The predicted molar refractivity (Wildman–Crippen MR) is 102 cm³/mol. The van der Waals surface area contributed by atoms with Crippen LogP contribution in [0.5, 0.6) is 0 Å². The molecule has 0 unspecified atom stereocenters.